The summed E-state index contributed by atoms with van der Waals surface area (Å²) in [5.41, 5.74) is 3.48. The summed E-state index contributed by atoms with van der Waals surface area (Å²) in [6, 6.07) is 6.14. The van der Waals surface area contributed by atoms with Crippen LogP contribution >= 0.6 is 15.9 Å². The van der Waals surface area contributed by atoms with Crippen molar-refractivity contribution in [3.8, 4) is 0 Å². The van der Waals surface area contributed by atoms with Crippen LogP contribution in [0.5, 0.6) is 0 Å². The molecule has 19 heavy (non-hydrogen) atoms. The van der Waals surface area contributed by atoms with Crippen molar-refractivity contribution in [2.45, 2.75) is 19.4 Å². The number of aliphatic hydroxyl groups excluding tert-OH is 1. The molecular formula is C15H20BrNO2. The molecule has 4 heteroatoms. The third-order valence-electron chi connectivity index (χ3n) is 3.43. The molecule has 2 rings (SSSR count). The van der Waals surface area contributed by atoms with Crippen molar-refractivity contribution in [2.24, 2.45) is 0 Å². The van der Waals surface area contributed by atoms with Crippen LogP contribution in [0, 0.1) is 0 Å². The lowest BCUT2D eigenvalue weighted by Crippen LogP contribution is -2.29. The fraction of sp³-hybridized carbons (Fsp3) is 0.467. The molecular weight excluding hydrogens is 306 g/mol. The molecule has 0 spiro atoms. The van der Waals surface area contributed by atoms with Gasteiger partial charge in [-0.05, 0) is 36.6 Å². The average molecular weight is 326 g/mol. The zero-order valence-electron chi connectivity index (χ0n) is 11.4. The predicted molar refractivity (Wildman–Crippen MR) is 81.6 cm³/mol. The molecule has 0 aliphatic carbocycles. The molecule has 0 aromatic heterocycles. The molecule has 0 amide bonds. The Labute approximate surface area is 123 Å². The molecule has 0 radical (unpaired) electrons. The number of halogens is 1. The summed E-state index contributed by atoms with van der Waals surface area (Å²) < 4.78 is 6.13. The van der Waals surface area contributed by atoms with Crippen molar-refractivity contribution >= 4 is 21.6 Å². The van der Waals surface area contributed by atoms with Gasteiger partial charge in [-0.3, -0.25) is 0 Å². The average Bonchev–Trinajstić information content (AvgIpc) is 2.39. The van der Waals surface area contributed by atoms with Crippen molar-refractivity contribution < 1.29 is 9.84 Å². The number of hydrogen-bond acceptors (Lipinski definition) is 3. The molecule has 1 aliphatic rings. The number of aliphatic hydroxyl groups is 1. The summed E-state index contributed by atoms with van der Waals surface area (Å²) in [4.78, 5) is 2.33. The monoisotopic (exact) mass is 325 g/mol. The fourth-order valence-corrected chi connectivity index (χ4v) is 3.01. The van der Waals surface area contributed by atoms with Crippen LogP contribution in [-0.2, 0) is 4.74 Å². The van der Waals surface area contributed by atoms with Gasteiger partial charge < -0.3 is 14.7 Å². The van der Waals surface area contributed by atoms with Gasteiger partial charge >= 0.3 is 0 Å². The molecule has 1 atom stereocenters. The van der Waals surface area contributed by atoms with E-state index in [1.807, 2.05) is 6.07 Å². The van der Waals surface area contributed by atoms with Gasteiger partial charge in [-0.2, -0.15) is 0 Å². The van der Waals surface area contributed by atoms with E-state index in [1.165, 1.54) is 11.3 Å². The van der Waals surface area contributed by atoms with Gasteiger partial charge in [0.05, 0.1) is 12.7 Å². The highest BCUT2D eigenvalue weighted by Crippen LogP contribution is 2.29. The number of rotatable bonds is 4. The number of ether oxygens (including phenoxy) is 1. The van der Waals surface area contributed by atoms with E-state index in [0.29, 0.717) is 0 Å². The summed E-state index contributed by atoms with van der Waals surface area (Å²) in [5, 5.41) is 9.63. The smallest absolute Gasteiger partial charge is 0.0772 e. The Bertz CT molecular complexity index is 471. The SMILES string of the molecule is COCC1=CCN(c2ccc(C(C)O)c(Br)c2)CC1. The Morgan fingerprint density at radius 3 is 2.79 bits per heavy atom. The first-order chi connectivity index (χ1) is 9.11. The Hall–Kier alpha value is -0.840. The predicted octanol–water partition coefficient (Wildman–Crippen LogP) is 3.29. The highest BCUT2D eigenvalue weighted by molar-refractivity contribution is 9.10. The molecule has 1 N–H and O–H groups in total. The minimum absolute atomic E-state index is 0.446. The summed E-state index contributed by atoms with van der Waals surface area (Å²) >= 11 is 3.53. The maximum Gasteiger partial charge on any atom is 0.0772 e. The van der Waals surface area contributed by atoms with E-state index >= 15 is 0 Å². The molecule has 0 fully saturated rings. The zero-order valence-corrected chi connectivity index (χ0v) is 13.0. The third kappa shape index (κ3) is 3.59. The van der Waals surface area contributed by atoms with Crippen LogP contribution in [-0.4, -0.2) is 31.9 Å². The summed E-state index contributed by atoms with van der Waals surface area (Å²) in [6.07, 6.45) is 2.84. The first-order valence-corrected chi connectivity index (χ1v) is 7.30. The molecule has 1 aromatic rings. The van der Waals surface area contributed by atoms with E-state index in [0.717, 1.165) is 36.2 Å². The van der Waals surface area contributed by atoms with Crippen molar-refractivity contribution in [2.75, 3.05) is 31.7 Å². The topological polar surface area (TPSA) is 32.7 Å². The van der Waals surface area contributed by atoms with E-state index in [4.69, 9.17) is 4.74 Å². The number of methoxy groups -OCH3 is 1. The van der Waals surface area contributed by atoms with Crippen LogP contribution in [0.3, 0.4) is 0 Å². The summed E-state index contributed by atoms with van der Waals surface area (Å²) in [7, 11) is 1.74. The van der Waals surface area contributed by atoms with Gasteiger partial charge in [0.1, 0.15) is 0 Å². The van der Waals surface area contributed by atoms with Gasteiger partial charge in [-0.1, -0.05) is 28.1 Å². The van der Waals surface area contributed by atoms with Gasteiger partial charge in [-0.15, -0.1) is 0 Å². The Balaban J connectivity index is 2.10. The van der Waals surface area contributed by atoms with Crippen LogP contribution < -0.4 is 4.90 Å². The first-order valence-electron chi connectivity index (χ1n) is 6.51. The van der Waals surface area contributed by atoms with Gasteiger partial charge in [0.25, 0.3) is 0 Å². The van der Waals surface area contributed by atoms with Crippen LogP contribution in [0.1, 0.15) is 25.0 Å². The molecule has 0 saturated heterocycles. The van der Waals surface area contributed by atoms with Gasteiger partial charge in [-0.25, -0.2) is 0 Å². The maximum atomic E-state index is 9.63. The van der Waals surface area contributed by atoms with Crippen molar-refractivity contribution in [1.82, 2.24) is 0 Å². The standard InChI is InChI=1S/C15H20BrNO2/c1-11(18)14-4-3-13(9-15(14)16)17-7-5-12(6-8-17)10-19-2/h3-5,9,11,18H,6-8,10H2,1-2H3. The lowest BCUT2D eigenvalue weighted by atomic mass is 10.1. The second kappa shape index (κ2) is 6.55. The number of anilines is 1. The van der Waals surface area contributed by atoms with Crippen LogP contribution in [0.2, 0.25) is 0 Å². The van der Waals surface area contributed by atoms with E-state index in [1.54, 1.807) is 14.0 Å². The molecule has 104 valence electrons. The van der Waals surface area contributed by atoms with E-state index in [9.17, 15) is 5.11 Å². The van der Waals surface area contributed by atoms with Crippen LogP contribution in [0.15, 0.2) is 34.3 Å². The molecule has 1 aliphatic heterocycles. The number of benzene rings is 1. The highest BCUT2D eigenvalue weighted by Gasteiger charge is 2.14. The maximum absolute atomic E-state index is 9.63. The lowest BCUT2D eigenvalue weighted by Gasteiger charge is -2.29. The van der Waals surface area contributed by atoms with Crippen molar-refractivity contribution in [1.29, 1.82) is 0 Å². The quantitative estimate of drug-likeness (QED) is 0.862. The van der Waals surface area contributed by atoms with E-state index < -0.39 is 6.10 Å². The molecule has 1 aromatic carbocycles. The molecule has 0 saturated carbocycles. The molecule has 3 nitrogen and oxygen atoms in total. The highest BCUT2D eigenvalue weighted by atomic mass is 79.9. The second-order valence-electron chi connectivity index (χ2n) is 4.87. The Kier molecular flexibility index (Phi) is 5.02. The summed E-state index contributed by atoms with van der Waals surface area (Å²) in [6.45, 7) is 4.44. The summed E-state index contributed by atoms with van der Waals surface area (Å²) in [5.74, 6) is 0. The number of hydrogen-bond donors (Lipinski definition) is 1. The van der Waals surface area contributed by atoms with E-state index in [-0.39, 0.29) is 0 Å². The number of nitrogens with zero attached hydrogens (tertiary/aromatic N) is 1. The molecule has 1 unspecified atom stereocenters. The minimum atomic E-state index is -0.446. The molecule has 0 bridgehead atoms. The fourth-order valence-electron chi connectivity index (χ4n) is 2.31. The van der Waals surface area contributed by atoms with Gasteiger partial charge in [0, 0.05) is 30.4 Å². The van der Waals surface area contributed by atoms with Crippen LogP contribution in [0.4, 0.5) is 5.69 Å². The zero-order chi connectivity index (χ0) is 13.8. The lowest BCUT2D eigenvalue weighted by molar-refractivity contribution is 0.198. The van der Waals surface area contributed by atoms with Gasteiger partial charge in [0.15, 0.2) is 0 Å². The second-order valence-corrected chi connectivity index (χ2v) is 5.73. The Morgan fingerprint density at radius 2 is 2.26 bits per heavy atom. The third-order valence-corrected chi connectivity index (χ3v) is 4.12. The first kappa shape index (κ1) is 14.6. The van der Waals surface area contributed by atoms with Gasteiger partial charge in [0.2, 0.25) is 0 Å². The Morgan fingerprint density at radius 1 is 1.47 bits per heavy atom. The van der Waals surface area contributed by atoms with Crippen LogP contribution in [0.25, 0.3) is 0 Å². The van der Waals surface area contributed by atoms with Crippen molar-refractivity contribution in [3.63, 3.8) is 0 Å². The minimum Gasteiger partial charge on any atom is -0.389 e. The molecule has 1 heterocycles. The van der Waals surface area contributed by atoms with E-state index in [2.05, 4.69) is 39.0 Å². The normalized spacial score (nSPS) is 17.3. The van der Waals surface area contributed by atoms with Crippen molar-refractivity contribution in [3.05, 3.63) is 39.9 Å². The largest absolute Gasteiger partial charge is 0.389 e.